The molecule has 1 aliphatic rings. The van der Waals surface area contributed by atoms with E-state index in [1.807, 2.05) is 45.0 Å². The van der Waals surface area contributed by atoms with E-state index in [0.717, 1.165) is 24.0 Å². The summed E-state index contributed by atoms with van der Waals surface area (Å²) in [6.45, 7) is 6.63. The number of halogens is 1. The Hall–Kier alpha value is -4.90. The van der Waals surface area contributed by atoms with Crippen molar-refractivity contribution in [3.05, 3.63) is 89.9 Å². The Morgan fingerprint density at radius 1 is 1.00 bits per heavy atom. The topological polar surface area (TPSA) is 129 Å². The number of methoxy groups -OCH3 is 1. The maximum absolute atomic E-state index is 13.3. The lowest BCUT2D eigenvalue weighted by atomic mass is 9.77. The van der Waals surface area contributed by atoms with E-state index in [4.69, 9.17) is 25.0 Å². The first-order valence-corrected chi connectivity index (χ1v) is 15.7. The van der Waals surface area contributed by atoms with Crippen LogP contribution in [0.3, 0.4) is 0 Å². The second-order valence-electron chi connectivity index (χ2n) is 12.6. The highest BCUT2D eigenvalue weighted by molar-refractivity contribution is 5.96. The van der Waals surface area contributed by atoms with Gasteiger partial charge in [0.2, 0.25) is 0 Å². The molecule has 1 unspecified atom stereocenters. The van der Waals surface area contributed by atoms with Crippen LogP contribution in [-0.4, -0.2) is 64.1 Å². The molecule has 0 saturated carbocycles. The van der Waals surface area contributed by atoms with Crippen LogP contribution in [0.25, 0.3) is 22.6 Å². The first-order valence-electron chi connectivity index (χ1n) is 15.7. The van der Waals surface area contributed by atoms with Gasteiger partial charge in [-0.15, -0.1) is 0 Å². The molecular formula is C36H41FN4O6. The second kappa shape index (κ2) is 14.3. The van der Waals surface area contributed by atoms with Gasteiger partial charge >= 0.3 is 12.1 Å². The summed E-state index contributed by atoms with van der Waals surface area (Å²) in [4.78, 5) is 32.4. The molecule has 2 heterocycles. The normalized spacial score (nSPS) is 14.5. The van der Waals surface area contributed by atoms with Gasteiger partial charge in [0.05, 0.1) is 7.11 Å². The third-order valence-corrected chi connectivity index (χ3v) is 8.27. The Morgan fingerprint density at radius 3 is 2.21 bits per heavy atom. The Kier molecular flexibility index (Phi) is 10.1. The number of nitrogens with two attached hydrogens (primary N) is 1. The number of nitrogens with zero attached hydrogens (tertiary/aromatic N) is 3. The third kappa shape index (κ3) is 7.74. The van der Waals surface area contributed by atoms with E-state index >= 15 is 0 Å². The van der Waals surface area contributed by atoms with Crippen molar-refractivity contribution in [1.29, 1.82) is 0 Å². The van der Waals surface area contributed by atoms with E-state index in [0.29, 0.717) is 48.1 Å². The van der Waals surface area contributed by atoms with Crippen molar-refractivity contribution in [2.24, 2.45) is 5.92 Å². The molecule has 3 N–H and O–H groups in total. The average Bonchev–Trinajstić information content (AvgIpc) is 3.40. The molecule has 10 nitrogen and oxygen atoms in total. The number of rotatable bonds is 9. The fraction of sp³-hybridized carbons (Fsp3) is 0.361. The zero-order valence-electron chi connectivity index (χ0n) is 27.1. The van der Waals surface area contributed by atoms with Crippen LogP contribution in [0.5, 0.6) is 11.5 Å². The Morgan fingerprint density at radius 2 is 1.62 bits per heavy atom. The molecule has 4 aromatic rings. The molecule has 1 atom stereocenters. The SMILES string of the molecule is COC(=O)c1c(-c2ccc(Oc3ccc(F)cc3)cc2)nc(-c2ccccc2C(CCO)C2CCN(C(=O)OC(C)(C)C)CC2)n1N. The van der Waals surface area contributed by atoms with Crippen LogP contribution in [0.4, 0.5) is 9.18 Å². The molecular weight excluding hydrogens is 603 g/mol. The number of likely N-dealkylation sites (tertiary alicyclic amines) is 1. The fourth-order valence-corrected chi connectivity index (χ4v) is 6.05. The fourth-order valence-electron chi connectivity index (χ4n) is 6.05. The van der Waals surface area contributed by atoms with Gasteiger partial charge < -0.3 is 30.1 Å². The molecule has 47 heavy (non-hydrogen) atoms. The number of hydrogen-bond acceptors (Lipinski definition) is 8. The summed E-state index contributed by atoms with van der Waals surface area (Å²) in [5.41, 5.74) is 2.13. The molecule has 0 bridgehead atoms. The zero-order chi connectivity index (χ0) is 33.7. The Bertz CT molecular complexity index is 1690. The number of hydrogen-bond donors (Lipinski definition) is 2. The van der Waals surface area contributed by atoms with Crippen LogP contribution >= 0.6 is 0 Å². The van der Waals surface area contributed by atoms with E-state index in [2.05, 4.69) is 0 Å². The summed E-state index contributed by atoms with van der Waals surface area (Å²) in [6, 6.07) is 20.4. The van der Waals surface area contributed by atoms with Gasteiger partial charge in [-0.3, -0.25) is 0 Å². The highest BCUT2D eigenvalue weighted by Gasteiger charge is 2.33. The lowest BCUT2D eigenvalue weighted by molar-refractivity contribution is 0.0169. The molecule has 1 saturated heterocycles. The van der Waals surface area contributed by atoms with Gasteiger partial charge in [-0.25, -0.2) is 23.6 Å². The monoisotopic (exact) mass is 644 g/mol. The summed E-state index contributed by atoms with van der Waals surface area (Å²) < 4.78 is 31.1. The average molecular weight is 645 g/mol. The van der Waals surface area contributed by atoms with Crippen LogP contribution in [-0.2, 0) is 9.47 Å². The quantitative estimate of drug-likeness (QED) is 0.151. The number of nitrogen functional groups attached to an aromatic ring is 1. The predicted octanol–water partition coefficient (Wildman–Crippen LogP) is 6.76. The van der Waals surface area contributed by atoms with Crippen molar-refractivity contribution < 1.29 is 33.3 Å². The first-order chi connectivity index (χ1) is 22.5. The number of benzene rings is 3. The van der Waals surface area contributed by atoms with Crippen LogP contribution in [0.1, 0.15) is 62.0 Å². The minimum absolute atomic E-state index is 0.0205. The standard InChI is InChI=1S/C36H41FN4O6/c1-36(2,3)47-35(44)40-20-17-23(18-21-40)28(19-22-42)29-7-5-6-8-30(29)33-39-31(32(41(33)38)34(43)45-4)24-9-13-26(14-10-24)46-27-15-11-25(37)12-16-27/h5-16,23,28,42H,17-22,38H2,1-4H3. The van der Waals surface area contributed by atoms with Crippen molar-refractivity contribution in [3.8, 4) is 34.1 Å². The number of aliphatic hydroxyl groups excluding tert-OH is 1. The molecule has 11 heteroatoms. The smallest absolute Gasteiger partial charge is 0.410 e. The van der Waals surface area contributed by atoms with Crippen molar-refractivity contribution in [2.45, 2.75) is 51.6 Å². The van der Waals surface area contributed by atoms with Crippen LogP contribution in [0.15, 0.2) is 72.8 Å². The number of piperidine rings is 1. The van der Waals surface area contributed by atoms with Gasteiger partial charge in [0.15, 0.2) is 11.5 Å². The molecule has 1 fully saturated rings. The maximum Gasteiger partial charge on any atom is 0.410 e. The predicted molar refractivity (Wildman–Crippen MR) is 176 cm³/mol. The van der Waals surface area contributed by atoms with E-state index in [1.165, 1.54) is 36.1 Å². The zero-order valence-corrected chi connectivity index (χ0v) is 27.1. The summed E-state index contributed by atoms with van der Waals surface area (Å²) in [5.74, 6) is 7.09. The summed E-state index contributed by atoms with van der Waals surface area (Å²) in [6.07, 6.45) is 1.66. The number of carbonyl (C=O) groups excluding carboxylic acids is 2. The van der Waals surface area contributed by atoms with E-state index in [-0.39, 0.29) is 36.0 Å². The lowest BCUT2D eigenvalue weighted by Gasteiger charge is -2.37. The second-order valence-corrected chi connectivity index (χ2v) is 12.6. The molecule has 248 valence electrons. The van der Waals surface area contributed by atoms with Crippen LogP contribution in [0.2, 0.25) is 0 Å². The first kappa shape index (κ1) is 33.5. The highest BCUT2D eigenvalue weighted by atomic mass is 19.1. The van der Waals surface area contributed by atoms with E-state index in [1.54, 1.807) is 29.2 Å². The van der Waals surface area contributed by atoms with Crippen molar-refractivity contribution >= 4 is 12.1 Å². The minimum Gasteiger partial charge on any atom is -0.464 e. The summed E-state index contributed by atoms with van der Waals surface area (Å²) in [5, 5.41) is 10.1. The van der Waals surface area contributed by atoms with Gasteiger partial charge in [-0.2, -0.15) is 0 Å². The summed E-state index contributed by atoms with van der Waals surface area (Å²) >= 11 is 0. The number of aliphatic hydroxyl groups is 1. The van der Waals surface area contributed by atoms with Crippen molar-refractivity contribution in [3.63, 3.8) is 0 Å². The highest BCUT2D eigenvalue weighted by Crippen LogP contribution is 2.41. The molecule has 0 aliphatic carbocycles. The molecule has 1 aromatic heterocycles. The minimum atomic E-state index is -0.646. The number of ether oxygens (including phenoxy) is 3. The lowest BCUT2D eigenvalue weighted by Crippen LogP contribution is -2.42. The Balaban J connectivity index is 1.45. The number of esters is 1. The van der Waals surface area contributed by atoms with E-state index in [9.17, 15) is 19.1 Å². The largest absolute Gasteiger partial charge is 0.464 e. The van der Waals surface area contributed by atoms with E-state index < -0.39 is 11.6 Å². The molecule has 0 spiro atoms. The van der Waals surface area contributed by atoms with Gasteiger partial charge in [0.25, 0.3) is 0 Å². The molecule has 3 aromatic carbocycles. The number of carbonyl (C=O) groups is 2. The van der Waals surface area contributed by atoms with Gasteiger partial charge in [-0.05, 0) is 106 Å². The van der Waals surface area contributed by atoms with Crippen molar-refractivity contribution in [2.75, 3.05) is 32.6 Å². The third-order valence-electron chi connectivity index (χ3n) is 8.27. The Labute approximate surface area is 273 Å². The molecule has 1 aliphatic heterocycles. The number of amides is 1. The van der Waals surface area contributed by atoms with Gasteiger partial charge in [0.1, 0.15) is 28.6 Å². The maximum atomic E-state index is 13.3. The molecule has 1 amide bonds. The number of imidazole rings is 1. The number of aromatic nitrogens is 2. The summed E-state index contributed by atoms with van der Waals surface area (Å²) in [7, 11) is 1.29. The van der Waals surface area contributed by atoms with Gasteiger partial charge in [0, 0.05) is 30.8 Å². The van der Waals surface area contributed by atoms with Gasteiger partial charge in [-0.1, -0.05) is 24.3 Å². The molecule has 5 rings (SSSR count). The van der Waals surface area contributed by atoms with Crippen LogP contribution in [0, 0.1) is 11.7 Å². The molecule has 0 radical (unpaired) electrons. The van der Waals surface area contributed by atoms with Crippen LogP contribution < -0.4 is 10.6 Å². The van der Waals surface area contributed by atoms with Crippen molar-refractivity contribution in [1.82, 2.24) is 14.6 Å².